The van der Waals surface area contributed by atoms with Gasteiger partial charge in [0.2, 0.25) is 5.13 Å². The van der Waals surface area contributed by atoms with Crippen LogP contribution in [-0.2, 0) is 0 Å². The Balaban J connectivity index is 1.95. The van der Waals surface area contributed by atoms with E-state index < -0.39 is 0 Å². The van der Waals surface area contributed by atoms with Gasteiger partial charge in [0.1, 0.15) is 0 Å². The molecule has 1 saturated carbocycles. The molecule has 2 rings (SSSR count). The minimum atomic E-state index is 0.470. The van der Waals surface area contributed by atoms with Crippen molar-refractivity contribution in [2.24, 2.45) is 5.41 Å². The summed E-state index contributed by atoms with van der Waals surface area (Å²) in [6, 6.07) is 0.564. The largest absolute Gasteiger partial charge is 0.357 e. The van der Waals surface area contributed by atoms with Crippen molar-refractivity contribution in [1.29, 1.82) is 0 Å². The van der Waals surface area contributed by atoms with Crippen molar-refractivity contribution < 1.29 is 0 Å². The Morgan fingerprint density at radius 2 is 2.27 bits per heavy atom. The van der Waals surface area contributed by atoms with E-state index in [1.54, 1.807) is 11.3 Å². The second kappa shape index (κ2) is 4.37. The maximum absolute atomic E-state index is 4.07. The zero-order chi connectivity index (χ0) is 10.9. The molecule has 0 bridgehead atoms. The number of anilines is 1. The molecule has 0 aromatic carbocycles. The van der Waals surface area contributed by atoms with Crippen LogP contribution in [-0.4, -0.2) is 16.2 Å². The van der Waals surface area contributed by atoms with E-state index in [4.69, 9.17) is 0 Å². The normalized spacial score (nSPS) is 25.1. The van der Waals surface area contributed by atoms with Gasteiger partial charge in [-0.05, 0) is 40.6 Å². The first kappa shape index (κ1) is 11.3. The summed E-state index contributed by atoms with van der Waals surface area (Å²) < 4.78 is 0.847. The van der Waals surface area contributed by atoms with E-state index >= 15 is 0 Å². The summed E-state index contributed by atoms with van der Waals surface area (Å²) in [5, 5.41) is 12.4. The van der Waals surface area contributed by atoms with Crippen molar-refractivity contribution in [2.45, 2.75) is 45.6 Å². The Morgan fingerprint density at radius 3 is 2.87 bits per heavy atom. The minimum absolute atomic E-state index is 0.470. The summed E-state index contributed by atoms with van der Waals surface area (Å²) >= 11 is 4.89. The molecule has 1 aromatic heterocycles. The second-order valence-electron chi connectivity index (χ2n) is 4.96. The standard InChI is InChI=1S/C10H16BrN3S/c1-10(2)5-3-4-7(6-10)12-9-14-13-8(11)15-9/h7H,3-6H2,1-2H3,(H,12,14). The quantitative estimate of drug-likeness (QED) is 0.902. The summed E-state index contributed by atoms with van der Waals surface area (Å²) in [6.07, 6.45) is 5.13. The van der Waals surface area contributed by atoms with Gasteiger partial charge in [-0.25, -0.2) is 0 Å². The molecule has 5 heteroatoms. The molecule has 1 heterocycles. The first-order valence-corrected chi connectivity index (χ1v) is 6.92. The summed E-state index contributed by atoms with van der Waals surface area (Å²) in [6.45, 7) is 4.69. The van der Waals surface area contributed by atoms with Crippen molar-refractivity contribution >= 4 is 32.4 Å². The Kier molecular flexibility index (Phi) is 3.30. The lowest BCUT2D eigenvalue weighted by Gasteiger charge is -2.35. The van der Waals surface area contributed by atoms with Crippen molar-refractivity contribution in [3.05, 3.63) is 3.92 Å². The monoisotopic (exact) mass is 289 g/mol. The van der Waals surface area contributed by atoms with Gasteiger partial charge < -0.3 is 5.32 Å². The second-order valence-corrected chi connectivity index (χ2v) is 7.22. The number of hydrogen-bond acceptors (Lipinski definition) is 4. The third-order valence-electron chi connectivity index (χ3n) is 2.93. The smallest absolute Gasteiger partial charge is 0.206 e. The summed E-state index contributed by atoms with van der Waals surface area (Å²) in [5.41, 5.74) is 0.470. The molecular weight excluding hydrogens is 274 g/mol. The summed E-state index contributed by atoms with van der Waals surface area (Å²) in [7, 11) is 0. The van der Waals surface area contributed by atoms with Gasteiger partial charge in [0.05, 0.1) is 0 Å². The van der Waals surface area contributed by atoms with E-state index in [1.807, 2.05) is 0 Å². The number of halogens is 1. The molecule has 0 amide bonds. The number of hydrogen-bond donors (Lipinski definition) is 1. The number of aromatic nitrogens is 2. The highest BCUT2D eigenvalue weighted by Gasteiger charge is 2.28. The molecule has 1 fully saturated rings. The van der Waals surface area contributed by atoms with Crippen molar-refractivity contribution in [1.82, 2.24) is 10.2 Å². The fourth-order valence-electron chi connectivity index (χ4n) is 2.26. The molecule has 0 spiro atoms. The lowest BCUT2D eigenvalue weighted by Crippen LogP contribution is -2.31. The van der Waals surface area contributed by atoms with Crippen molar-refractivity contribution in [2.75, 3.05) is 5.32 Å². The topological polar surface area (TPSA) is 37.8 Å². The van der Waals surface area contributed by atoms with Crippen LogP contribution < -0.4 is 5.32 Å². The fourth-order valence-corrected chi connectivity index (χ4v) is 3.35. The lowest BCUT2D eigenvalue weighted by molar-refractivity contribution is 0.229. The highest BCUT2D eigenvalue weighted by molar-refractivity contribution is 9.11. The first-order valence-electron chi connectivity index (χ1n) is 5.31. The molecule has 1 aliphatic rings. The molecule has 1 unspecified atom stereocenters. The van der Waals surface area contributed by atoms with Crippen LogP contribution in [0.5, 0.6) is 0 Å². The van der Waals surface area contributed by atoms with E-state index in [1.165, 1.54) is 25.7 Å². The Bertz CT molecular complexity index is 337. The van der Waals surface area contributed by atoms with Crippen LogP contribution >= 0.6 is 27.3 Å². The zero-order valence-corrected chi connectivity index (χ0v) is 11.5. The molecular formula is C10H16BrN3S. The average molecular weight is 290 g/mol. The van der Waals surface area contributed by atoms with Crippen LogP contribution in [0.4, 0.5) is 5.13 Å². The molecule has 0 aliphatic heterocycles. The third-order valence-corrected chi connectivity index (χ3v) is 4.22. The van der Waals surface area contributed by atoms with E-state index in [2.05, 4.69) is 45.3 Å². The number of nitrogens with one attached hydrogen (secondary N) is 1. The number of nitrogens with zero attached hydrogens (tertiary/aromatic N) is 2. The van der Waals surface area contributed by atoms with Gasteiger partial charge in [-0.1, -0.05) is 31.6 Å². The molecule has 1 aliphatic carbocycles. The van der Waals surface area contributed by atoms with Crippen molar-refractivity contribution in [3.63, 3.8) is 0 Å². The molecule has 15 heavy (non-hydrogen) atoms. The Labute approximate surface area is 103 Å². The van der Waals surface area contributed by atoms with E-state index in [0.717, 1.165) is 9.05 Å². The predicted molar refractivity (Wildman–Crippen MR) is 67.3 cm³/mol. The molecule has 1 atom stereocenters. The van der Waals surface area contributed by atoms with Gasteiger partial charge in [-0.2, -0.15) is 0 Å². The van der Waals surface area contributed by atoms with E-state index in [-0.39, 0.29) is 0 Å². The third kappa shape index (κ3) is 3.14. The predicted octanol–water partition coefficient (Wildman–Crippen LogP) is 3.68. The first-order chi connectivity index (χ1) is 7.05. The minimum Gasteiger partial charge on any atom is -0.357 e. The lowest BCUT2D eigenvalue weighted by atomic mass is 9.75. The van der Waals surface area contributed by atoms with Crippen LogP contribution in [0.15, 0.2) is 3.92 Å². The van der Waals surface area contributed by atoms with Crippen LogP contribution in [0.3, 0.4) is 0 Å². The SMILES string of the molecule is CC1(C)CCCC(Nc2nnc(Br)s2)C1. The van der Waals surface area contributed by atoms with E-state index in [0.29, 0.717) is 11.5 Å². The van der Waals surface area contributed by atoms with Crippen LogP contribution in [0.1, 0.15) is 39.5 Å². The summed E-state index contributed by atoms with van der Waals surface area (Å²) in [4.78, 5) is 0. The van der Waals surface area contributed by atoms with Gasteiger partial charge in [-0.15, -0.1) is 10.2 Å². The van der Waals surface area contributed by atoms with Gasteiger partial charge in [0.25, 0.3) is 0 Å². The maximum atomic E-state index is 4.07. The zero-order valence-electron chi connectivity index (χ0n) is 9.09. The van der Waals surface area contributed by atoms with E-state index in [9.17, 15) is 0 Å². The molecule has 1 N–H and O–H groups in total. The van der Waals surface area contributed by atoms with Gasteiger partial charge in [0, 0.05) is 6.04 Å². The van der Waals surface area contributed by atoms with Crippen LogP contribution in [0.25, 0.3) is 0 Å². The molecule has 3 nitrogen and oxygen atoms in total. The Hall–Kier alpha value is -0.160. The van der Waals surface area contributed by atoms with Crippen LogP contribution in [0, 0.1) is 5.41 Å². The van der Waals surface area contributed by atoms with Crippen LogP contribution in [0.2, 0.25) is 0 Å². The molecule has 1 aromatic rings. The Morgan fingerprint density at radius 1 is 1.47 bits per heavy atom. The summed E-state index contributed by atoms with van der Waals surface area (Å²) in [5.74, 6) is 0. The van der Waals surface area contributed by atoms with Gasteiger partial charge in [0.15, 0.2) is 3.92 Å². The molecule has 84 valence electrons. The maximum Gasteiger partial charge on any atom is 0.206 e. The molecule has 0 saturated heterocycles. The van der Waals surface area contributed by atoms with Gasteiger partial charge >= 0.3 is 0 Å². The molecule has 0 radical (unpaired) electrons. The highest BCUT2D eigenvalue weighted by atomic mass is 79.9. The average Bonchev–Trinajstić information content (AvgIpc) is 2.49. The number of rotatable bonds is 2. The van der Waals surface area contributed by atoms with Crippen molar-refractivity contribution in [3.8, 4) is 0 Å². The van der Waals surface area contributed by atoms with Gasteiger partial charge in [-0.3, -0.25) is 0 Å². The highest BCUT2D eigenvalue weighted by Crippen LogP contribution is 2.36. The fraction of sp³-hybridized carbons (Fsp3) is 0.800.